The Labute approximate surface area is 167 Å². The van der Waals surface area contributed by atoms with Crippen LogP contribution in [0.1, 0.15) is 35.1 Å². The number of anilines is 1. The Kier molecular flexibility index (Phi) is 5.91. The van der Waals surface area contributed by atoms with Gasteiger partial charge in [-0.1, -0.05) is 35.4 Å². The van der Waals surface area contributed by atoms with Gasteiger partial charge in [-0.15, -0.1) is 0 Å². The third kappa shape index (κ3) is 4.28. The van der Waals surface area contributed by atoms with Gasteiger partial charge in [0.05, 0.1) is 4.90 Å². The van der Waals surface area contributed by atoms with E-state index in [9.17, 15) is 13.2 Å². The molecule has 1 fully saturated rings. The van der Waals surface area contributed by atoms with Gasteiger partial charge in [-0.05, 0) is 63.8 Å². The number of nitrogens with zero attached hydrogens (tertiary/aromatic N) is 1. The monoisotopic (exact) mass is 400 g/mol. The lowest BCUT2D eigenvalue weighted by Gasteiger charge is -2.31. The van der Waals surface area contributed by atoms with Gasteiger partial charge < -0.3 is 5.32 Å². The molecule has 5 nitrogen and oxygen atoms in total. The number of nitrogens with one attached hydrogen (secondary N) is 1. The number of carbonyl (C=O) groups is 1. The van der Waals surface area contributed by atoms with Crippen LogP contribution < -0.4 is 5.32 Å². The van der Waals surface area contributed by atoms with Gasteiger partial charge in [-0.2, -0.15) is 4.31 Å². The van der Waals surface area contributed by atoms with Crippen LogP contribution in [-0.4, -0.2) is 31.7 Å². The molecule has 1 amide bonds. The minimum absolute atomic E-state index is 0.0383. The summed E-state index contributed by atoms with van der Waals surface area (Å²) in [5.41, 5.74) is 4.52. The molecule has 3 rings (SSSR count). The van der Waals surface area contributed by atoms with Gasteiger partial charge in [0.2, 0.25) is 15.9 Å². The lowest BCUT2D eigenvalue weighted by Crippen LogP contribution is -2.41. The van der Waals surface area contributed by atoms with E-state index in [1.54, 1.807) is 0 Å². The highest BCUT2D eigenvalue weighted by molar-refractivity contribution is 7.89. The molecule has 2 aromatic rings. The van der Waals surface area contributed by atoms with Crippen LogP contribution in [0.15, 0.2) is 41.3 Å². The zero-order valence-electron chi connectivity index (χ0n) is 17.0. The first-order chi connectivity index (χ1) is 13.2. The number of aryl methyl sites for hydroxylation is 4. The number of amides is 1. The van der Waals surface area contributed by atoms with Crippen LogP contribution in [0.5, 0.6) is 0 Å². The standard InChI is InChI=1S/C22H28N2O3S/c1-15-5-7-20(8-6-15)23-22(25)19-9-11-24(12-10-19)28(26,27)21-17(3)13-16(2)14-18(21)4/h5-8,13-14,19H,9-12H2,1-4H3,(H,23,25). The van der Waals surface area contributed by atoms with E-state index < -0.39 is 10.0 Å². The van der Waals surface area contributed by atoms with Crippen molar-refractivity contribution >= 4 is 21.6 Å². The topological polar surface area (TPSA) is 66.5 Å². The molecular formula is C22H28N2O3S. The molecule has 1 heterocycles. The second kappa shape index (κ2) is 8.05. The Morgan fingerprint density at radius 1 is 0.929 bits per heavy atom. The summed E-state index contributed by atoms with van der Waals surface area (Å²) in [5, 5.41) is 2.94. The second-order valence-electron chi connectivity index (χ2n) is 7.76. The summed E-state index contributed by atoms with van der Waals surface area (Å²) in [7, 11) is -3.55. The molecule has 1 aliphatic rings. The van der Waals surface area contributed by atoms with Crippen molar-refractivity contribution in [1.82, 2.24) is 4.31 Å². The van der Waals surface area contributed by atoms with Crippen molar-refractivity contribution < 1.29 is 13.2 Å². The lowest BCUT2D eigenvalue weighted by atomic mass is 9.97. The van der Waals surface area contributed by atoms with E-state index in [-0.39, 0.29) is 11.8 Å². The zero-order valence-corrected chi connectivity index (χ0v) is 17.8. The van der Waals surface area contributed by atoms with Gasteiger partial charge in [0.15, 0.2) is 0 Å². The Morgan fingerprint density at radius 2 is 1.46 bits per heavy atom. The molecule has 1 N–H and O–H groups in total. The van der Waals surface area contributed by atoms with Crippen molar-refractivity contribution in [2.45, 2.75) is 45.4 Å². The van der Waals surface area contributed by atoms with E-state index in [0.29, 0.717) is 30.8 Å². The van der Waals surface area contributed by atoms with Crippen molar-refractivity contribution in [3.8, 4) is 0 Å². The van der Waals surface area contributed by atoms with Crippen LogP contribution in [0.2, 0.25) is 0 Å². The summed E-state index contributed by atoms with van der Waals surface area (Å²) in [6.07, 6.45) is 1.06. The normalized spacial score (nSPS) is 16.1. The Balaban J connectivity index is 1.68. The SMILES string of the molecule is Cc1ccc(NC(=O)C2CCN(S(=O)(=O)c3c(C)cc(C)cc3C)CC2)cc1. The lowest BCUT2D eigenvalue weighted by molar-refractivity contribution is -0.120. The highest BCUT2D eigenvalue weighted by Crippen LogP contribution is 2.29. The van der Waals surface area contributed by atoms with Crippen molar-refractivity contribution in [2.24, 2.45) is 5.92 Å². The maximum atomic E-state index is 13.2. The smallest absolute Gasteiger partial charge is 0.243 e. The van der Waals surface area contributed by atoms with Crippen molar-refractivity contribution in [1.29, 1.82) is 0 Å². The first-order valence-electron chi connectivity index (χ1n) is 9.64. The van der Waals surface area contributed by atoms with Gasteiger partial charge in [0.1, 0.15) is 0 Å². The summed E-state index contributed by atoms with van der Waals surface area (Å²) in [6, 6.07) is 11.5. The first kappa shape index (κ1) is 20.6. The highest BCUT2D eigenvalue weighted by Gasteiger charge is 2.33. The van der Waals surface area contributed by atoms with Crippen LogP contribution in [0.4, 0.5) is 5.69 Å². The Hall–Kier alpha value is -2.18. The van der Waals surface area contributed by atoms with E-state index in [1.807, 2.05) is 64.1 Å². The molecular weight excluding hydrogens is 372 g/mol. The average Bonchev–Trinajstić information content (AvgIpc) is 2.62. The summed E-state index contributed by atoms with van der Waals surface area (Å²) in [6.45, 7) is 8.37. The maximum absolute atomic E-state index is 13.2. The predicted octanol–water partition coefficient (Wildman–Crippen LogP) is 3.96. The molecule has 0 aromatic heterocycles. The second-order valence-corrected chi connectivity index (χ2v) is 9.64. The van der Waals surface area contributed by atoms with Gasteiger partial charge >= 0.3 is 0 Å². The number of rotatable bonds is 4. The summed E-state index contributed by atoms with van der Waals surface area (Å²) >= 11 is 0. The summed E-state index contributed by atoms with van der Waals surface area (Å²) in [5.74, 6) is -0.212. The molecule has 1 aliphatic heterocycles. The number of hydrogen-bond donors (Lipinski definition) is 1. The van der Waals surface area contributed by atoms with Crippen LogP contribution in [-0.2, 0) is 14.8 Å². The van der Waals surface area contributed by atoms with Gasteiger partial charge in [-0.25, -0.2) is 8.42 Å². The predicted molar refractivity (Wildman–Crippen MR) is 112 cm³/mol. The summed E-state index contributed by atoms with van der Waals surface area (Å²) in [4.78, 5) is 12.9. The minimum atomic E-state index is -3.55. The van der Waals surface area contributed by atoms with Gasteiger partial charge in [0, 0.05) is 24.7 Å². The maximum Gasteiger partial charge on any atom is 0.243 e. The van der Waals surface area contributed by atoms with Crippen LogP contribution >= 0.6 is 0 Å². The Bertz CT molecular complexity index is 950. The third-order valence-corrected chi connectivity index (χ3v) is 7.55. The highest BCUT2D eigenvalue weighted by atomic mass is 32.2. The average molecular weight is 401 g/mol. The molecule has 0 radical (unpaired) electrons. The molecule has 0 bridgehead atoms. The fourth-order valence-electron chi connectivity index (χ4n) is 3.94. The van der Waals surface area contributed by atoms with E-state index >= 15 is 0 Å². The first-order valence-corrected chi connectivity index (χ1v) is 11.1. The Morgan fingerprint density at radius 3 is 2.00 bits per heavy atom. The van der Waals surface area contributed by atoms with Crippen molar-refractivity contribution in [3.05, 3.63) is 58.7 Å². The molecule has 0 aliphatic carbocycles. The van der Waals surface area contributed by atoms with E-state index in [4.69, 9.17) is 0 Å². The molecule has 28 heavy (non-hydrogen) atoms. The molecule has 0 atom stereocenters. The van der Waals surface area contributed by atoms with E-state index in [0.717, 1.165) is 27.9 Å². The molecule has 6 heteroatoms. The van der Waals surface area contributed by atoms with Crippen molar-refractivity contribution in [3.63, 3.8) is 0 Å². The van der Waals surface area contributed by atoms with E-state index in [1.165, 1.54) is 4.31 Å². The summed E-state index contributed by atoms with van der Waals surface area (Å²) < 4.78 is 27.9. The van der Waals surface area contributed by atoms with Gasteiger partial charge in [0.25, 0.3) is 0 Å². The minimum Gasteiger partial charge on any atom is -0.326 e. The van der Waals surface area contributed by atoms with Crippen LogP contribution in [0.25, 0.3) is 0 Å². The number of benzene rings is 2. The van der Waals surface area contributed by atoms with Gasteiger partial charge in [-0.3, -0.25) is 4.79 Å². The molecule has 0 unspecified atom stereocenters. The molecule has 0 saturated carbocycles. The number of hydrogen-bond acceptors (Lipinski definition) is 3. The molecule has 1 saturated heterocycles. The van der Waals surface area contributed by atoms with E-state index in [2.05, 4.69) is 5.32 Å². The number of sulfonamides is 1. The largest absolute Gasteiger partial charge is 0.326 e. The van der Waals surface area contributed by atoms with Crippen molar-refractivity contribution in [2.75, 3.05) is 18.4 Å². The van der Waals surface area contributed by atoms with Crippen LogP contribution in [0.3, 0.4) is 0 Å². The zero-order chi connectivity index (χ0) is 20.5. The fourth-order valence-corrected chi connectivity index (χ4v) is 5.82. The van der Waals surface area contributed by atoms with Crippen LogP contribution in [0, 0.1) is 33.6 Å². The number of carbonyl (C=O) groups excluding carboxylic acids is 1. The molecule has 0 spiro atoms. The fraction of sp³-hybridized carbons (Fsp3) is 0.409. The molecule has 2 aromatic carbocycles. The molecule has 150 valence electrons. The quantitative estimate of drug-likeness (QED) is 0.845. The third-order valence-electron chi connectivity index (χ3n) is 5.35. The number of piperidine rings is 1.